The van der Waals surface area contributed by atoms with E-state index in [-0.39, 0.29) is 11.1 Å². The predicted molar refractivity (Wildman–Crippen MR) is 188 cm³/mol. The van der Waals surface area contributed by atoms with Gasteiger partial charge in [-0.15, -0.1) is 0 Å². The van der Waals surface area contributed by atoms with Crippen molar-refractivity contribution in [2.45, 2.75) is 77.0 Å². The molecule has 4 aromatic rings. The van der Waals surface area contributed by atoms with Crippen molar-refractivity contribution in [3.05, 3.63) is 129 Å². The predicted octanol–water partition coefficient (Wildman–Crippen LogP) is 8.59. The van der Waals surface area contributed by atoms with Crippen LogP contribution in [0.4, 0.5) is 0 Å². The average molecular weight is 633 g/mol. The van der Waals surface area contributed by atoms with Gasteiger partial charge in [-0.2, -0.15) is 21.0 Å². The Balaban J connectivity index is 1.77. The summed E-state index contributed by atoms with van der Waals surface area (Å²) in [7, 11) is 0. The van der Waals surface area contributed by atoms with Crippen LogP contribution in [-0.4, -0.2) is 19.9 Å². The van der Waals surface area contributed by atoms with Crippen LogP contribution < -0.4 is 0 Å². The molecule has 0 radical (unpaired) electrons. The van der Waals surface area contributed by atoms with Crippen LogP contribution >= 0.6 is 0 Å². The summed E-state index contributed by atoms with van der Waals surface area (Å²) in [6.07, 6.45) is 10.5. The number of allylic oxidation sites excluding steroid dienone is 6. The van der Waals surface area contributed by atoms with Gasteiger partial charge >= 0.3 is 0 Å². The van der Waals surface area contributed by atoms with Gasteiger partial charge in [-0.3, -0.25) is 0 Å². The molecule has 0 saturated carbocycles. The van der Waals surface area contributed by atoms with Gasteiger partial charge in [-0.25, -0.2) is 0 Å². The van der Waals surface area contributed by atoms with Gasteiger partial charge in [0.2, 0.25) is 0 Å². The van der Waals surface area contributed by atoms with Crippen molar-refractivity contribution in [3.63, 3.8) is 0 Å². The molecule has 0 aromatic carbocycles. The number of nitrogens with one attached hydrogen (secondary N) is 4. The number of aromatic nitrogens is 4. The molecular formula is C40H40N8. The Bertz CT molecular complexity index is 2000. The van der Waals surface area contributed by atoms with E-state index >= 15 is 0 Å². The van der Waals surface area contributed by atoms with Crippen LogP contribution in [0.3, 0.4) is 0 Å². The molecule has 8 nitrogen and oxygen atoms in total. The van der Waals surface area contributed by atoms with E-state index in [0.29, 0.717) is 0 Å². The summed E-state index contributed by atoms with van der Waals surface area (Å²) in [6, 6.07) is 20.6. The van der Waals surface area contributed by atoms with Gasteiger partial charge in [0.15, 0.2) is 0 Å². The summed E-state index contributed by atoms with van der Waals surface area (Å²) in [5.74, 6) is 0. The van der Waals surface area contributed by atoms with Gasteiger partial charge in [0.05, 0.1) is 0 Å². The first kappa shape index (κ1) is 33.4. The van der Waals surface area contributed by atoms with E-state index in [0.717, 1.165) is 56.7 Å². The fourth-order valence-electron chi connectivity index (χ4n) is 6.41. The molecule has 4 N–H and O–H groups in total. The molecule has 240 valence electrons. The van der Waals surface area contributed by atoms with Crippen molar-refractivity contribution < 1.29 is 0 Å². The molecule has 0 aliphatic carbocycles. The normalized spacial score (nSPS) is 16.8. The molecule has 0 atom stereocenters. The van der Waals surface area contributed by atoms with E-state index in [4.69, 9.17) is 0 Å². The quantitative estimate of drug-likeness (QED) is 0.131. The molecule has 0 spiro atoms. The Kier molecular flexibility index (Phi) is 8.35. The molecule has 0 unspecified atom stereocenters. The van der Waals surface area contributed by atoms with Gasteiger partial charge in [0.1, 0.15) is 35.4 Å². The third-order valence-corrected chi connectivity index (χ3v) is 9.92. The van der Waals surface area contributed by atoms with E-state index in [1.54, 1.807) is 12.2 Å². The van der Waals surface area contributed by atoms with Crippen molar-refractivity contribution >= 4 is 12.2 Å². The Labute approximate surface area is 282 Å². The highest BCUT2D eigenvalue weighted by Gasteiger charge is 2.38. The number of rotatable bonds is 4. The average Bonchev–Trinajstić information content (AvgIpc) is 3.87. The molecular weight excluding hydrogens is 592 g/mol. The Morgan fingerprint density at radius 3 is 1.10 bits per heavy atom. The number of H-pyrrole nitrogens is 4. The highest BCUT2D eigenvalue weighted by Crippen LogP contribution is 2.43. The Morgan fingerprint density at radius 2 is 0.792 bits per heavy atom. The number of nitriles is 4. The minimum absolute atomic E-state index is 0.0413. The number of nitrogens with zero attached hydrogens (tertiary/aromatic N) is 4. The fraction of sp³-hybridized carbons (Fsp3) is 0.300. The lowest BCUT2D eigenvalue weighted by Gasteiger charge is -2.28. The maximum atomic E-state index is 9.26. The third-order valence-electron chi connectivity index (χ3n) is 9.92. The smallest absolute Gasteiger partial charge is 0.129 e. The molecule has 1 aliphatic heterocycles. The molecule has 4 aromatic heterocycles. The van der Waals surface area contributed by atoms with Gasteiger partial charge in [-0.1, -0.05) is 24.3 Å². The minimum Gasteiger partial charge on any atom is -0.361 e. The SMILES string of the molecule is CC1(C)c2ccc([nH]2)C(C)(C)c2cc(/C=C/C=C(C#N)C#N)c([nH]2)C(C)(C)c2ccc([nH]2)C(C)(C)c2[nH]c1cc2/C=C/C=C(C#N)C#N. The second kappa shape index (κ2) is 12.0. The molecule has 0 amide bonds. The zero-order valence-corrected chi connectivity index (χ0v) is 28.7. The van der Waals surface area contributed by atoms with Crippen LogP contribution in [-0.2, 0) is 21.7 Å². The molecule has 0 fully saturated rings. The van der Waals surface area contributed by atoms with Crippen molar-refractivity contribution in [3.8, 4) is 24.3 Å². The summed E-state index contributed by atoms with van der Waals surface area (Å²) < 4.78 is 0. The second-order valence-electron chi connectivity index (χ2n) is 14.4. The highest BCUT2D eigenvalue weighted by molar-refractivity contribution is 5.62. The summed E-state index contributed by atoms with van der Waals surface area (Å²) in [5, 5.41) is 37.0. The lowest BCUT2D eigenvalue weighted by Crippen LogP contribution is -2.26. The topological polar surface area (TPSA) is 158 Å². The Hall–Kier alpha value is -5.96. The van der Waals surface area contributed by atoms with Crippen LogP contribution in [0.2, 0.25) is 0 Å². The Morgan fingerprint density at radius 1 is 0.479 bits per heavy atom. The molecule has 0 saturated heterocycles. The van der Waals surface area contributed by atoms with Crippen molar-refractivity contribution in [2.75, 3.05) is 0 Å². The zero-order chi connectivity index (χ0) is 35.1. The standard InChI is InChI=1S/C40H40N8/c1-37(2)29-15-16-30(45-29)38(3,4)34-20-28(14-10-12-26(23-43)24-44)36(48-34)40(7,8)32-18-17-31(46-32)39(5,6)35-27(19-33(37)47-35)13-9-11-25(21-41)22-42/h9-20,45-48H,1-8H3/b13-9+,14-10+. The van der Waals surface area contributed by atoms with E-state index in [9.17, 15) is 21.0 Å². The van der Waals surface area contributed by atoms with Crippen molar-refractivity contribution in [1.29, 1.82) is 21.0 Å². The fourth-order valence-corrected chi connectivity index (χ4v) is 6.41. The molecule has 5 rings (SSSR count). The lowest BCUT2D eigenvalue weighted by atomic mass is 9.83. The second-order valence-corrected chi connectivity index (χ2v) is 14.4. The molecule has 8 bridgehead atoms. The molecule has 5 heterocycles. The summed E-state index contributed by atoms with van der Waals surface area (Å²) in [6.45, 7) is 17.5. The summed E-state index contributed by atoms with van der Waals surface area (Å²) in [4.78, 5) is 15.1. The first-order chi connectivity index (χ1) is 22.6. The number of aromatic amines is 4. The minimum atomic E-state index is -0.487. The van der Waals surface area contributed by atoms with E-state index in [1.165, 1.54) is 12.2 Å². The number of hydrogen-bond donors (Lipinski definition) is 4. The van der Waals surface area contributed by atoms with Crippen molar-refractivity contribution in [2.24, 2.45) is 0 Å². The van der Waals surface area contributed by atoms with Crippen LogP contribution in [0, 0.1) is 45.3 Å². The maximum absolute atomic E-state index is 9.26. The first-order valence-corrected chi connectivity index (χ1v) is 15.9. The highest BCUT2D eigenvalue weighted by atomic mass is 14.9. The molecule has 8 heteroatoms. The van der Waals surface area contributed by atoms with Crippen LogP contribution in [0.5, 0.6) is 0 Å². The largest absolute Gasteiger partial charge is 0.361 e. The van der Waals surface area contributed by atoms with Crippen molar-refractivity contribution in [1.82, 2.24) is 19.9 Å². The molecule has 1 aliphatic rings. The van der Waals surface area contributed by atoms with E-state index in [2.05, 4.69) is 112 Å². The van der Waals surface area contributed by atoms with E-state index in [1.807, 2.05) is 36.4 Å². The van der Waals surface area contributed by atoms with E-state index < -0.39 is 21.7 Å². The van der Waals surface area contributed by atoms with Crippen LogP contribution in [0.25, 0.3) is 12.2 Å². The molecule has 48 heavy (non-hydrogen) atoms. The lowest BCUT2D eigenvalue weighted by molar-refractivity contribution is 0.545. The monoisotopic (exact) mass is 632 g/mol. The van der Waals surface area contributed by atoms with Crippen LogP contribution in [0.15, 0.2) is 71.8 Å². The number of fused-ring (bicyclic) bond motifs is 8. The summed E-state index contributed by atoms with van der Waals surface area (Å²) in [5.41, 5.74) is 8.37. The van der Waals surface area contributed by atoms with Gasteiger partial charge in [-0.05, 0) is 115 Å². The zero-order valence-electron chi connectivity index (χ0n) is 28.7. The summed E-state index contributed by atoms with van der Waals surface area (Å²) >= 11 is 0. The maximum Gasteiger partial charge on any atom is 0.129 e. The van der Waals surface area contributed by atoms with Gasteiger partial charge in [0, 0.05) is 67.2 Å². The first-order valence-electron chi connectivity index (χ1n) is 15.9. The van der Waals surface area contributed by atoms with Crippen LogP contribution in [0.1, 0.15) is 112 Å². The van der Waals surface area contributed by atoms with Gasteiger partial charge in [0.25, 0.3) is 0 Å². The third kappa shape index (κ3) is 5.64. The number of hydrogen-bond acceptors (Lipinski definition) is 4. The van der Waals surface area contributed by atoms with Gasteiger partial charge < -0.3 is 19.9 Å².